The van der Waals surface area contributed by atoms with Gasteiger partial charge in [-0.2, -0.15) is 0 Å². The number of hydrogen-bond acceptors (Lipinski definition) is 2. The maximum absolute atomic E-state index is 5.22. The maximum atomic E-state index is 5.22. The maximum Gasteiger partial charge on any atom is 0.174 e. The predicted octanol–water partition coefficient (Wildman–Crippen LogP) is 3.90. The molecule has 3 nitrogen and oxygen atoms in total. The summed E-state index contributed by atoms with van der Waals surface area (Å²) in [6.07, 6.45) is 1.88. The van der Waals surface area contributed by atoms with Crippen molar-refractivity contribution >= 4 is 23.0 Å². The standard InChI is InChI=1S/C14H12N2OS/c1-17-12-5-4-9-6-11(3-2-10(9)7-12)13-8-15-14(18)16-13/h2-8H,1H3,(H2,15,16,18). The highest BCUT2D eigenvalue weighted by atomic mass is 32.1. The normalized spacial score (nSPS) is 10.7. The number of rotatable bonds is 2. The molecule has 1 heterocycles. The van der Waals surface area contributed by atoms with Crippen LogP contribution in [-0.4, -0.2) is 17.1 Å². The zero-order valence-electron chi connectivity index (χ0n) is 9.86. The molecule has 0 unspecified atom stereocenters. The fourth-order valence-corrected chi connectivity index (χ4v) is 2.17. The van der Waals surface area contributed by atoms with Gasteiger partial charge < -0.3 is 14.7 Å². The molecule has 0 bridgehead atoms. The quantitative estimate of drug-likeness (QED) is 0.683. The highest BCUT2D eigenvalue weighted by molar-refractivity contribution is 7.71. The molecule has 3 aromatic rings. The second-order valence-electron chi connectivity index (χ2n) is 4.08. The molecule has 3 rings (SSSR count). The lowest BCUT2D eigenvalue weighted by Gasteiger charge is -2.04. The first-order valence-electron chi connectivity index (χ1n) is 5.62. The van der Waals surface area contributed by atoms with Crippen molar-refractivity contribution in [2.75, 3.05) is 7.11 Å². The van der Waals surface area contributed by atoms with Crippen LogP contribution >= 0.6 is 12.2 Å². The van der Waals surface area contributed by atoms with Crippen LogP contribution in [0.1, 0.15) is 0 Å². The third-order valence-corrected chi connectivity index (χ3v) is 3.17. The zero-order chi connectivity index (χ0) is 12.5. The van der Waals surface area contributed by atoms with Crippen LogP contribution in [0, 0.1) is 4.77 Å². The van der Waals surface area contributed by atoms with E-state index in [-0.39, 0.29) is 0 Å². The Morgan fingerprint density at radius 1 is 1.06 bits per heavy atom. The van der Waals surface area contributed by atoms with Crippen LogP contribution in [0.4, 0.5) is 0 Å². The van der Waals surface area contributed by atoms with Crippen LogP contribution in [0.5, 0.6) is 5.75 Å². The van der Waals surface area contributed by atoms with E-state index in [1.807, 2.05) is 18.3 Å². The molecule has 0 saturated carbocycles. The highest BCUT2D eigenvalue weighted by Gasteiger charge is 2.02. The molecular formula is C14H12N2OS. The van der Waals surface area contributed by atoms with Crippen LogP contribution in [0.2, 0.25) is 0 Å². The van der Waals surface area contributed by atoms with E-state index in [0.29, 0.717) is 4.77 Å². The van der Waals surface area contributed by atoms with Gasteiger partial charge >= 0.3 is 0 Å². The molecule has 4 heteroatoms. The second kappa shape index (κ2) is 4.31. The smallest absolute Gasteiger partial charge is 0.174 e. The lowest BCUT2D eigenvalue weighted by Crippen LogP contribution is -1.83. The molecule has 0 aliphatic heterocycles. The summed E-state index contributed by atoms with van der Waals surface area (Å²) in [4.78, 5) is 6.09. The Kier molecular flexibility index (Phi) is 2.64. The molecule has 18 heavy (non-hydrogen) atoms. The molecule has 0 fully saturated rings. The first-order valence-corrected chi connectivity index (χ1v) is 6.03. The number of H-pyrrole nitrogens is 2. The minimum atomic E-state index is 0.639. The van der Waals surface area contributed by atoms with Gasteiger partial charge in [-0.25, -0.2) is 0 Å². The van der Waals surface area contributed by atoms with Gasteiger partial charge in [0.1, 0.15) is 5.75 Å². The monoisotopic (exact) mass is 256 g/mol. The highest BCUT2D eigenvalue weighted by Crippen LogP contribution is 2.25. The van der Waals surface area contributed by atoms with Crippen molar-refractivity contribution in [2.45, 2.75) is 0 Å². The largest absolute Gasteiger partial charge is 0.497 e. The predicted molar refractivity (Wildman–Crippen MR) is 75.5 cm³/mol. The summed E-state index contributed by atoms with van der Waals surface area (Å²) in [5.74, 6) is 0.872. The molecule has 0 aliphatic rings. The lowest BCUT2D eigenvalue weighted by atomic mass is 10.1. The molecule has 90 valence electrons. The van der Waals surface area contributed by atoms with E-state index in [1.165, 1.54) is 5.39 Å². The number of imidazole rings is 1. The number of aromatic nitrogens is 2. The molecule has 0 saturated heterocycles. The van der Waals surface area contributed by atoms with Gasteiger partial charge in [-0.05, 0) is 41.2 Å². The van der Waals surface area contributed by atoms with Gasteiger partial charge in [-0.15, -0.1) is 0 Å². The molecule has 0 amide bonds. The van der Waals surface area contributed by atoms with E-state index in [9.17, 15) is 0 Å². The lowest BCUT2D eigenvalue weighted by molar-refractivity contribution is 0.415. The van der Waals surface area contributed by atoms with Crippen LogP contribution in [0.25, 0.3) is 22.0 Å². The SMILES string of the molecule is COc1ccc2cc(-c3c[nH]c(=S)[nH]3)ccc2c1. The molecule has 0 spiro atoms. The molecule has 0 atom stereocenters. The number of methoxy groups -OCH3 is 1. The van der Waals surface area contributed by atoms with E-state index in [0.717, 1.165) is 22.4 Å². The topological polar surface area (TPSA) is 40.8 Å². The molecule has 2 aromatic carbocycles. The molecule has 1 aromatic heterocycles. The average Bonchev–Trinajstić information content (AvgIpc) is 2.84. The van der Waals surface area contributed by atoms with E-state index in [1.54, 1.807) is 7.11 Å². The van der Waals surface area contributed by atoms with Gasteiger partial charge in [0.25, 0.3) is 0 Å². The van der Waals surface area contributed by atoms with Crippen molar-refractivity contribution in [2.24, 2.45) is 0 Å². The fourth-order valence-electron chi connectivity index (χ4n) is 2.01. The van der Waals surface area contributed by atoms with E-state index in [2.05, 4.69) is 34.2 Å². The van der Waals surface area contributed by atoms with Crippen molar-refractivity contribution in [3.63, 3.8) is 0 Å². The summed E-state index contributed by atoms with van der Waals surface area (Å²) >= 11 is 5.03. The van der Waals surface area contributed by atoms with Crippen LogP contribution in [0.3, 0.4) is 0 Å². The van der Waals surface area contributed by atoms with Gasteiger partial charge in [-0.3, -0.25) is 0 Å². The molecule has 0 aliphatic carbocycles. The van der Waals surface area contributed by atoms with Gasteiger partial charge in [0.15, 0.2) is 4.77 Å². The summed E-state index contributed by atoms with van der Waals surface area (Å²) in [6, 6.07) is 12.3. The van der Waals surface area contributed by atoms with Gasteiger partial charge in [0.2, 0.25) is 0 Å². The minimum absolute atomic E-state index is 0.639. The van der Waals surface area contributed by atoms with Crippen LogP contribution in [0.15, 0.2) is 42.6 Å². The van der Waals surface area contributed by atoms with Crippen molar-refractivity contribution in [1.29, 1.82) is 0 Å². The van der Waals surface area contributed by atoms with Crippen LogP contribution in [-0.2, 0) is 0 Å². The van der Waals surface area contributed by atoms with Crippen molar-refractivity contribution in [3.05, 3.63) is 47.4 Å². The second-order valence-corrected chi connectivity index (χ2v) is 4.49. The third-order valence-electron chi connectivity index (χ3n) is 2.95. The number of nitrogens with one attached hydrogen (secondary N) is 2. The van der Waals surface area contributed by atoms with E-state index < -0.39 is 0 Å². The van der Waals surface area contributed by atoms with Gasteiger partial charge in [0, 0.05) is 11.8 Å². The Labute approximate surface area is 109 Å². The van der Waals surface area contributed by atoms with Crippen molar-refractivity contribution in [1.82, 2.24) is 9.97 Å². The average molecular weight is 256 g/mol. The Morgan fingerprint density at radius 2 is 1.83 bits per heavy atom. The molecule has 2 N–H and O–H groups in total. The Balaban J connectivity index is 2.14. The minimum Gasteiger partial charge on any atom is -0.497 e. The van der Waals surface area contributed by atoms with Gasteiger partial charge in [-0.1, -0.05) is 18.2 Å². The first-order chi connectivity index (χ1) is 8.76. The Morgan fingerprint density at radius 3 is 2.56 bits per heavy atom. The Bertz CT molecular complexity index is 758. The van der Waals surface area contributed by atoms with E-state index in [4.69, 9.17) is 17.0 Å². The van der Waals surface area contributed by atoms with E-state index >= 15 is 0 Å². The van der Waals surface area contributed by atoms with Gasteiger partial charge in [0.05, 0.1) is 12.8 Å². The number of aromatic amines is 2. The summed E-state index contributed by atoms with van der Waals surface area (Å²) in [5.41, 5.74) is 2.11. The summed E-state index contributed by atoms with van der Waals surface area (Å²) in [5, 5.41) is 2.33. The third kappa shape index (κ3) is 1.91. The fraction of sp³-hybridized carbons (Fsp3) is 0.0714. The Hall–Kier alpha value is -2.07. The van der Waals surface area contributed by atoms with Crippen molar-refractivity contribution in [3.8, 4) is 17.0 Å². The van der Waals surface area contributed by atoms with Crippen molar-refractivity contribution < 1.29 is 4.74 Å². The summed E-state index contributed by atoms with van der Waals surface area (Å²) in [7, 11) is 1.68. The first kappa shape index (κ1) is 11.0. The number of fused-ring (bicyclic) bond motifs is 1. The number of ether oxygens (including phenoxy) is 1. The number of hydrogen-bond donors (Lipinski definition) is 2. The number of benzene rings is 2. The summed E-state index contributed by atoms with van der Waals surface area (Å²) in [6.45, 7) is 0. The van der Waals surface area contributed by atoms with Crippen LogP contribution < -0.4 is 4.74 Å². The summed E-state index contributed by atoms with van der Waals surface area (Å²) < 4.78 is 5.85. The molecule has 0 radical (unpaired) electrons. The molecular weight excluding hydrogens is 244 g/mol. The zero-order valence-corrected chi connectivity index (χ0v) is 10.7.